The number of anilines is 1. The predicted octanol–water partition coefficient (Wildman–Crippen LogP) is 5.40. The molecule has 4 aromatic rings. The first-order valence-corrected chi connectivity index (χ1v) is 11.6. The van der Waals surface area contributed by atoms with Crippen LogP contribution in [0.2, 0.25) is 0 Å². The Bertz CT molecular complexity index is 1260. The van der Waals surface area contributed by atoms with Crippen LogP contribution >= 0.6 is 23.1 Å². The molecule has 2 heterocycles. The van der Waals surface area contributed by atoms with Gasteiger partial charge in [-0.2, -0.15) is 0 Å². The van der Waals surface area contributed by atoms with Crippen LogP contribution < -0.4 is 5.32 Å². The standard InChI is InChI=1S/C23H18FN3O3S2/c1-2-30-23(29)15-5-9-17(10-6-15)27-19(28)12-32-22-20-18(11-31-21(20)25-13-26-22)14-3-7-16(24)8-4-14/h3-11,13H,2,12H2,1H3,(H,27,28). The summed E-state index contributed by atoms with van der Waals surface area (Å²) in [6.45, 7) is 2.05. The molecule has 0 fully saturated rings. The second-order valence-corrected chi connectivity index (χ2v) is 8.47. The van der Waals surface area contributed by atoms with E-state index in [1.165, 1.54) is 41.6 Å². The molecule has 0 aliphatic carbocycles. The second kappa shape index (κ2) is 9.88. The van der Waals surface area contributed by atoms with Crippen LogP contribution in [-0.4, -0.2) is 34.2 Å². The van der Waals surface area contributed by atoms with Gasteiger partial charge in [-0.15, -0.1) is 11.3 Å². The SMILES string of the molecule is CCOC(=O)c1ccc(NC(=O)CSc2ncnc3scc(-c4ccc(F)cc4)c23)cc1. The van der Waals surface area contributed by atoms with Crippen molar-refractivity contribution < 1.29 is 18.7 Å². The molecular weight excluding hydrogens is 449 g/mol. The van der Waals surface area contributed by atoms with Gasteiger partial charge >= 0.3 is 5.97 Å². The first kappa shape index (κ1) is 21.9. The molecule has 2 aromatic heterocycles. The topological polar surface area (TPSA) is 81.2 Å². The third kappa shape index (κ3) is 4.95. The molecule has 32 heavy (non-hydrogen) atoms. The van der Waals surface area contributed by atoms with Gasteiger partial charge in [-0.1, -0.05) is 23.9 Å². The maximum Gasteiger partial charge on any atom is 0.338 e. The number of carbonyl (C=O) groups excluding carboxylic acids is 2. The van der Waals surface area contributed by atoms with E-state index in [9.17, 15) is 14.0 Å². The fourth-order valence-corrected chi connectivity index (χ4v) is 4.83. The molecule has 0 aliphatic rings. The smallest absolute Gasteiger partial charge is 0.338 e. The highest BCUT2D eigenvalue weighted by molar-refractivity contribution is 8.00. The summed E-state index contributed by atoms with van der Waals surface area (Å²) in [5.41, 5.74) is 2.77. The molecule has 0 bridgehead atoms. The van der Waals surface area contributed by atoms with Gasteiger partial charge in [-0.05, 0) is 48.9 Å². The number of hydrogen-bond donors (Lipinski definition) is 1. The Kier molecular flexibility index (Phi) is 6.77. The summed E-state index contributed by atoms with van der Waals surface area (Å²) in [5.74, 6) is -0.763. The number of thiophene rings is 1. The molecule has 162 valence electrons. The number of esters is 1. The van der Waals surface area contributed by atoms with Crippen LogP contribution in [0.5, 0.6) is 0 Å². The van der Waals surface area contributed by atoms with E-state index in [0.717, 1.165) is 21.3 Å². The molecule has 0 saturated heterocycles. The van der Waals surface area contributed by atoms with Crippen molar-refractivity contribution in [2.75, 3.05) is 17.7 Å². The average Bonchev–Trinajstić information content (AvgIpc) is 3.24. The Hall–Kier alpha value is -3.30. The lowest BCUT2D eigenvalue weighted by Gasteiger charge is -2.08. The van der Waals surface area contributed by atoms with Crippen molar-refractivity contribution in [2.45, 2.75) is 11.9 Å². The number of hydrogen-bond acceptors (Lipinski definition) is 7. The maximum absolute atomic E-state index is 13.3. The zero-order valence-corrected chi connectivity index (χ0v) is 18.6. The zero-order valence-electron chi connectivity index (χ0n) is 17.0. The van der Waals surface area contributed by atoms with E-state index in [4.69, 9.17) is 4.74 Å². The van der Waals surface area contributed by atoms with Gasteiger partial charge in [0.1, 0.15) is 22.0 Å². The van der Waals surface area contributed by atoms with Crippen molar-refractivity contribution in [3.05, 3.63) is 71.6 Å². The highest BCUT2D eigenvalue weighted by Gasteiger charge is 2.15. The van der Waals surface area contributed by atoms with Crippen molar-refractivity contribution in [3.8, 4) is 11.1 Å². The van der Waals surface area contributed by atoms with Crippen LogP contribution in [0.25, 0.3) is 21.3 Å². The van der Waals surface area contributed by atoms with E-state index in [1.807, 2.05) is 5.38 Å². The minimum Gasteiger partial charge on any atom is -0.462 e. The highest BCUT2D eigenvalue weighted by atomic mass is 32.2. The minimum atomic E-state index is -0.401. The Morgan fingerprint density at radius 2 is 1.84 bits per heavy atom. The summed E-state index contributed by atoms with van der Waals surface area (Å²) in [4.78, 5) is 33.7. The van der Waals surface area contributed by atoms with Crippen LogP contribution in [0.3, 0.4) is 0 Å². The Morgan fingerprint density at radius 3 is 2.56 bits per heavy atom. The van der Waals surface area contributed by atoms with Crippen LogP contribution in [0.15, 0.2) is 65.3 Å². The number of nitrogens with one attached hydrogen (secondary N) is 1. The number of carbonyl (C=O) groups is 2. The van der Waals surface area contributed by atoms with Crippen LogP contribution in [0, 0.1) is 5.82 Å². The van der Waals surface area contributed by atoms with E-state index < -0.39 is 5.97 Å². The third-order valence-corrected chi connectivity index (χ3v) is 6.39. The first-order valence-electron chi connectivity index (χ1n) is 9.73. The molecule has 0 spiro atoms. The Morgan fingerprint density at radius 1 is 1.09 bits per heavy atom. The van der Waals surface area contributed by atoms with Crippen LogP contribution in [-0.2, 0) is 9.53 Å². The van der Waals surface area contributed by atoms with Gasteiger partial charge in [0, 0.05) is 16.6 Å². The maximum atomic E-state index is 13.3. The molecule has 0 atom stereocenters. The lowest BCUT2D eigenvalue weighted by atomic mass is 10.1. The highest BCUT2D eigenvalue weighted by Crippen LogP contribution is 2.37. The number of benzene rings is 2. The summed E-state index contributed by atoms with van der Waals surface area (Å²) in [6, 6.07) is 12.8. The van der Waals surface area contributed by atoms with Crippen molar-refractivity contribution in [2.24, 2.45) is 0 Å². The quantitative estimate of drug-likeness (QED) is 0.223. The van der Waals surface area contributed by atoms with E-state index in [-0.39, 0.29) is 17.5 Å². The zero-order chi connectivity index (χ0) is 22.5. The Balaban J connectivity index is 1.46. The lowest BCUT2D eigenvalue weighted by Crippen LogP contribution is -2.14. The summed E-state index contributed by atoms with van der Waals surface area (Å²) in [7, 11) is 0. The van der Waals surface area contributed by atoms with Crippen molar-refractivity contribution in [1.29, 1.82) is 0 Å². The van der Waals surface area contributed by atoms with Crippen molar-refractivity contribution in [3.63, 3.8) is 0 Å². The number of rotatable bonds is 7. The Labute approximate surface area is 191 Å². The molecule has 1 amide bonds. The third-order valence-electron chi connectivity index (χ3n) is 4.51. The minimum absolute atomic E-state index is 0.143. The molecule has 9 heteroatoms. The predicted molar refractivity (Wildman–Crippen MR) is 125 cm³/mol. The number of amides is 1. The van der Waals surface area contributed by atoms with Gasteiger partial charge in [0.15, 0.2) is 0 Å². The molecule has 0 aliphatic heterocycles. The fourth-order valence-electron chi connectivity index (χ4n) is 3.03. The molecule has 1 N–H and O–H groups in total. The average molecular weight is 468 g/mol. The normalized spacial score (nSPS) is 10.8. The molecular formula is C23H18FN3O3S2. The van der Waals surface area contributed by atoms with E-state index in [0.29, 0.717) is 22.9 Å². The number of halogens is 1. The number of ether oxygens (including phenoxy) is 1. The number of aromatic nitrogens is 2. The van der Waals surface area contributed by atoms with Crippen LogP contribution in [0.4, 0.5) is 10.1 Å². The van der Waals surface area contributed by atoms with Crippen molar-refractivity contribution >= 4 is 50.9 Å². The monoisotopic (exact) mass is 467 g/mol. The van der Waals surface area contributed by atoms with E-state index >= 15 is 0 Å². The summed E-state index contributed by atoms with van der Waals surface area (Å²) in [5, 5.41) is 6.30. The molecule has 6 nitrogen and oxygen atoms in total. The second-order valence-electron chi connectivity index (χ2n) is 6.65. The largest absolute Gasteiger partial charge is 0.462 e. The summed E-state index contributed by atoms with van der Waals surface area (Å²) in [6.07, 6.45) is 1.47. The van der Waals surface area contributed by atoms with E-state index in [2.05, 4.69) is 15.3 Å². The molecule has 4 rings (SSSR count). The van der Waals surface area contributed by atoms with Gasteiger partial charge < -0.3 is 10.1 Å². The number of fused-ring (bicyclic) bond motifs is 1. The summed E-state index contributed by atoms with van der Waals surface area (Å²) < 4.78 is 18.3. The van der Waals surface area contributed by atoms with Gasteiger partial charge in [-0.3, -0.25) is 4.79 Å². The van der Waals surface area contributed by atoms with Gasteiger partial charge in [0.2, 0.25) is 5.91 Å². The summed E-state index contributed by atoms with van der Waals surface area (Å²) >= 11 is 2.78. The first-order chi connectivity index (χ1) is 15.5. The molecule has 0 saturated carbocycles. The van der Waals surface area contributed by atoms with Gasteiger partial charge in [0.05, 0.1) is 23.3 Å². The molecule has 0 unspecified atom stereocenters. The van der Waals surface area contributed by atoms with Gasteiger partial charge in [-0.25, -0.2) is 19.2 Å². The van der Waals surface area contributed by atoms with E-state index in [1.54, 1.807) is 43.3 Å². The molecule has 0 radical (unpaired) electrons. The fraction of sp³-hybridized carbons (Fsp3) is 0.130. The number of thioether (sulfide) groups is 1. The van der Waals surface area contributed by atoms with Crippen molar-refractivity contribution in [1.82, 2.24) is 9.97 Å². The lowest BCUT2D eigenvalue weighted by molar-refractivity contribution is -0.113. The van der Waals surface area contributed by atoms with Crippen LogP contribution in [0.1, 0.15) is 17.3 Å². The molecule has 2 aromatic carbocycles. The number of nitrogens with zero attached hydrogens (tertiary/aromatic N) is 2. The van der Waals surface area contributed by atoms with Gasteiger partial charge in [0.25, 0.3) is 0 Å².